The second-order valence-electron chi connectivity index (χ2n) is 3.80. The van der Waals surface area contributed by atoms with Gasteiger partial charge in [0.2, 0.25) is 0 Å². The zero-order valence-corrected chi connectivity index (χ0v) is 12.0. The SMILES string of the molecule is COc1cc(C)c(N)cc1S(=O)(=O)Nc1nccs1. The summed E-state index contributed by atoms with van der Waals surface area (Å²) in [5.41, 5.74) is 6.90. The van der Waals surface area contributed by atoms with Gasteiger partial charge in [0, 0.05) is 17.3 Å². The molecule has 2 aromatic rings. The van der Waals surface area contributed by atoms with E-state index in [-0.39, 0.29) is 10.6 Å². The lowest BCUT2D eigenvalue weighted by atomic mass is 10.2. The maximum Gasteiger partial charge on any atom is 0.267 e. The van der Waals surface area contributed by atoms with Crippen LogP contribution in [-0.4, -0.2) is 20.5 Å². The number of aryl methyl sites for hydroxylation is 1. The van der Waals surface area contributed by atoms with Crippen molar-refractivity contribution in [2.75, 3.05) is 17.6 Å². The van der Waals surface area contributed by atoms with E-state index in [1.807, 2.05) is 0 Å². The molecule has 0 fully saturated rings. The molecule has 0 amide bonds. The molecule has 0 atom stereocenters. The molecule has 3 N–H and O–H groups in total. The lowest BCUT2D eigenvalue weighted by Crippen LogP contribution is -2.14. The Labute approximate surface area is 115 Å². The Kier molecular flexibility index (Phi) is 3.63. The van der Waals surface area contributed by atoms with Crippen molar-refractivity contribution in [3.05, 3.63) is 29.3 Å². The van der Waals surface area contributed by atoms with Crippen LogP contribution in [-0.2, 0) is 10.0 Å². The maximum absolute atomic E-state index is 12.3. The van der Waals surface area contributed by atoms with Gasteiger partial charge < -0.3 is 10.5 Å². The zero-order chi connectivity index (χ0) is 14.0. The number of thiazole rings is 1. The van der Waals surface area contributed by atoms with Crippen LogP contribution in [0.3, 0.4) is 0 Å². The molecule has 1 aromatic carbocycles. The minimum atomic E-state index is -3.77. The molecular formula is C11H13N3O3S2. The summed E-state index contributed by atoms with van der Waals surface area (Å²) in [7, 11) is -2.36. The van der Waals surface area contributed by atoms with Gasteiger partial charge >= 0.3 is 0 Å². The summed E-state index contributed by atoms with van der Waals surface area (Å²) in [6.07, 6.45) is 1.52. The van der Waals surface area contributed by atoms with E-state index in [0.717, 1.165) is 5.56 Å². The van der Waals surface area contributed by atoms with E-state index in [2.05, 4.69) is 9.71 Å². The Balaban J connectivity index is 2.48. The highest BCUT2D eigenvalue weighted by molar-refractivity contribution is 7.93. The molecule has 0 aliphatic carbocycles. The number of hydrogen-bond acceptors (Lipinski definition) is 6. The summed E-state index contributed by atoms with van der Waals surface area (Å²) in [5, 5.41) is 1.97. The molecule has 0 aliphatic heterocycles. The summed E-state index contributed by atoms with van der Waals surface area (Å²) in [4.78, 5) is 3.87. The predicted octanol–water partition coefficient (Wildman–Crippen LogP) is 1.84. The van der Waals surface area contributed by atoms with E-state index in [9.17, 15) is 8.42 Å². The van der Waals surface area contributed by atoms with Crippen LogP contribution in [0.5, 0.6) is 5.75 Å². The number of nitrogens with zero attached hydrogens (tertiary/aromatic N) is 1. The standard InChI is InChI=1S/C11H13N3O3S2/c1-7-5-9(17-2)10(6-8(7)12)19(15,16)14-11-13-3-4-18-11/h3-6H,12H2,1-2H3,(H,13,14). The van der Waals surface area contributed by atoms with Gasteiger partial charge in [0.15, 0.2) is 5.13 Å². The van der Waals surface area contributed by atoms with Gasteiger partial charge in [-0.3, -0.25) is 4.72 Å². The topological polar surface area (TPSA) is 94.3 Å². The van der Waals surface area contributed by atoms with E-state index < -0.39 is 10.0 Å². The molecule has 0 unspecified atom stereocenters. The van der Waals surface area contributed by atoms with Gasteiger partial charge in [-0.05, 0) is 24.6 Å². The molecular weight excluding hydrogens is 286 g/mol. The van der Waals surface area contributed by atoms with Gasteiger partial charge in [-0.25, -0.2) is 13.4 Å². The Morgan fingerprint density at radius 1 is 1.42 bits per heavy atom. The third-order valence-electron chi connectivity index (χ3n) is 2.50. The van der Waals surface area contributed by atoms with Gasteiger partial charge in [-0.15, -0.1) is 11.3 Å². The van der Waals surface area contributed by atoms with Crippen LogP contribution < -0.4 is 15.2 Å². The van der Waals surface area contributed by atoms with Crippen LogP contribution in [0.4, 0.5) is 10.8 Å². The van der Waals surface area contributed by atoms with E-state index >= 15 is 0 Å². The molecule has 0 saturated heterocycles. The number of rotatable bonds is 4. The summed E-state index contributed by atoms with van der Waals surface area (Å²) in [6.45, 7) is 1.78. The van der Waals surface area contributed by atoms with Crippen LogP contribution >= 0.6 is 11.3 Å². The number of ether oxygens (including phenoxy) is 1. The molecule has 1 heterocycles. The van der Waals surface area contributed by atoms with E-state index in [1.54, 1.807) is 18.4 Å². The summed E-state index contributed by atoms with van der Waals surface area (Å²) < 4.78 is 32.0. The molecule has 0 spiro atoms. The minimum absolute atomic E-state index is 0.00620. The van der Waals surface area contributed by atoms with Gasteiger partial charge in [-0.2, -0.15) is 0 Å². The monoisotopic (exact) mass is 299 g/mol. The van der Waals surface area contributed by atoms with Crippen molar-refractivity contribution in [1.29, 1.82) is 0 Å². The first kappa shape index (κ1) is 13.6. The Bertz CT molecular complexity index is 681. The van der Waals surface area contributed by atoms with Gasteiger partial charge in [0.25, 0.3) is 10.0 Å². The van der Waals surface area contributed by atoms with E-state index in [1.165, 1.54) is 30.7 Å². The predicted molar refractivity (Wildman–Crippen MR) is 75.1 cm³/mol. The molecule has 2 rings (SSSR count). The molecule has 0 bridgehead atoms. The molecule has 6 nitrogen and oxygen atoms in total. The summed E-state index contributed by atoms with van der Waals surface area (Å²) in [5.74, 6) is 0.246. The van der Waals surface area contributed by atoms with E-state index in [4.69, 9.17) is 10.5 Å². The molecule has 8 heteroatoms. The summed E-state index contributed by atoms with van der Waals surface area (Å²) in [6, 6.07) is 2.97. The first-order chi connectivity index (χ1) is 8.94. The number of benzene rings is 1. The second-order valence-corrected chi connectivity index (χ2v) is 6.35. The Morgan fingerprint density at radius 3 is 2.74 bits per heavy atom. The minimum Gasteiger partial charge on any atom is -0.495 e. The van der Waals surface area contributed by atoms with Crippen molar-refractivity contribution in [2.24, 2.45) is 0 Å². The van der Waals surface area contributed by atoms with Crippen LogP contribution in [0.2, 0.25) is 0 Å². The summed E-state index contributed by atoms with van der Waals surface area (Å²) >= 11 is 1.19. The van der Waals surface area contributed by atoms with Crippen molar-refractivity contribution in [3.63, 3.8) is 0 Å². The maximum atomic E-state index is 12.3. The van der Waals surface area contributed by atoms with Gasteiger partial charge in [-0.1, -0.05) is 0 Å². The number of anilines is 2. The van der Waals surface area contributed by atoms with Crippen molar-refractivity contribution < 1.29 is 13.2 Å². The fourth-order valence-electron chi connectivity index (χ4n) is 1.49. The van der Waals surface area contributed by atoms with Crippen LogP contribution in [0, 0.1) is 6.92 Å². The van der Waals surface area contributed by atoms with Gasteiger partial charge in [0.1, 0.15) is 10.6 Å². The number of methoxy groups -OCH3 is 1. The second kappa shape index (κ2) is 5.06. The molecule has 1 aromatic heterocycles. The number of aromatic nitrogens is 1. The molecule has 0 saturated carbocycles. The van der Waals surface area contributed by atoms with Crippen molar-refractivity contribution in [1.82, 2.24) is 4.98 Å². The normalized spacial score (nSPS) is 11.3. The number of nitrogens with one attached hydrogen (secondary N) is 1. The highest BCUT2D eigenvalue weighted by Crippen LogP contribution is 2.30. The lowest BCUT2D eigenvalue weighted by Gasteiger charge is -2.12. The highest BCUT2D eigenvalue weighted by atomic mass is 32.2. The van der Waals surface area contributed by atoms with Crippen LogP contribution in [0.15, 0.2) is 28.6 Å². The highest BCUT2D eigenvalue weighted by Gasteiger charge is 2.21. The number of hydrogen-bond donors (Lipinski definition) is 2. The first-order valence-electron chi connectivity index (χ1n) is 5.30. The number of nitrogens with two attached hydrogens (primary N) is 1. The average Bonchev–Trinajstić information content (AvgIpc) is 2.84. The molecule has 102 valence electrons. The zero-order valence-electron chi connectivity index (χ0n) is 10.4. The lowest BCUT2D eigenvalue weighted by molar-refractivity contribution is 0.402. The average molecular weight is 299 g/mol. The number of nitrogen functional groups attached to an aromatic ring is 1. The Hall–Kier alpha value is -1.80. The van der Waals surface area contributed by atoms with Gasteiger partial charge in [0.05, 0.1) is 7.11 Å². The number of sulfonamides is 1. The van der Waals surface area contributed by atoms with Crippen molar-refractivity contribution >= 4 is 32.2 Å². The quantitative estimate of drug-likeness (QED) is 0.840. The van der Waals surface area contributed by atoms with Crippen molar-refractivity contribution in [2.45, 2.75) is 11.8 Å². The third kappa shape index (κ3) is 2.79. The van der Waals surface area contributed by atoms with Crippen LogP contribution in [0.1, 0.15) is 5.56 Å². The van der Waals surface area contributed by atoms with Crippen LogP contribution in [0.25, 0.3) is 0 Å². The third-order valence-corrected chi connectivity index (χ3v) is 4.67. The smallest absolute Gasteiger partial charge is 0.267 e. The first-order valence-corrected chi connectivity index (χ1v) is 7.67. The largest absolute Gasteiger partial charge is 0.495 e. The van der Waals surface area contributed by atoms with E-state index in [0.29, 0.717) is 10.8 Å². The molecule has 0 radical (unpaired) electrons. The molecule has 19 heavy (non-hydrogen) atoms. The Morgan fingerprint density at radius 2 is 2.16 bits per heavy atom. The van der Waals surface area contributed by atoms with Crippen molar-refractivity contribution in [3.8, 4) is 5.75 Å². The fourth-order valence-corrected chi connectivity index (χ4v) is 3.47. The molecule has 0 aliphatic rings. The fraction of sp³-hybridized carbons (Fsp3) is 0.182.